The molecule has 4 aromatic rings. The molecule has 8 heterocycles. The number of hydrogen-bond donors (Lipinski definition) is 5. The molecule has 1 spiro atoms. The van der Waals surface area contributed by atoms with Crippen molar-refractivity contribution in [3.05, 3.63) is 74.7 Å². The lowest BCUT2D eigenvalue weighted by Gasteiger charge is -2.62. The van der Waals surface area contributed by atoms with Crippen LogP contribution in [0.3, 0.4) is 0 Å². The molecule has 5 N–H and O–H groups in total. The standard InChI is InChI=1S/C39H41FN4O8S/c1-15-8-18-10-23-37(47)44-24-12-50-38(48)39(36-21(9-16(2)42-39)20-11-19(40)6-7-22(20)41-36)13-53-35(27-26(24)34-33(51-14-52-34)17(3)30(27)45)29(44)28(43(23)4)25(18)31(46)32(15)49-5/h6-8,11,16,23-24,28-29,35,37,41-42,45-47H,9-10,12-14H2,1-5H3/t16?,23-,24-,28-,29?,35+,37-,39+/m0/s1. The Bertz CT molecular complexity index is 2260. The van der Waals surface area contributed by atoms with Crippen LogP contribution in [0.5, 0.6) is 28.7 Å². The smallest absolute Gasteiger partial charge is 0.333 e. The summed E-state index contributed by atoms with van der Waals surface area (Å²) in [5.41, 5.74) is 5.09. The summed E-state index contributed by atoms with van der Waals surface area (Å²) in [6, 6.07) is 4.36. The summed E-state index contributed by atoms with van der Waals surface area (Å²) in [5.74, 6) is 0.713. The van der Waals surface area contributed by atoms with E-state index >= 15 is 0 Å². The zero-order valence-corrected chi connectivity index (χ0v) is 30.8. The molecule has 4 bridgehead atoms. The minimum atomic E-state index is -1.36. The molecule has 2 saturated heterocycles. The van der Waals surface area contributed by atoms with Crippen LogP contribution in [0.15, 0.2) is 24.3 Å². The molecule has 14 heteroatoms. The molecule has 2 fully saturated rings. The number of nitrogens with zero attached hydrogens (tertiary/aromatic N) is 2. The lowest BCUT2D eigenvalue weighted by molar-refractivity contribution is -0.186. The van der Waals surface area contributed by atoms with E-state index in [9.17, 15) is 24.5 Å². The molecule has 0 aliphatic carbocycles. The molecule has 1 aromatic heterocycles. The van der Waals surface area contributed by atoms with Gasteiger partial charge in [-0.1, -0.05) is 6.07 Å². The Balaban J connectivity index is 1.22. The number of carbonyl (C=O) groups is 1. The summed E-state index contributed by atoms with van der Waals surface area (Å²) in [6.07, 6.45) is 0.0236. The second-order valence-corrected chi connectivity index (χ2v) is 16.5. The molecule has 7 aliphatic rings. The van der Waals surface area contributed by atoms with Crippen LogP contribution in [-0.4, -0.2) is 93.7 Å². The van der Waals surface area contributed by atoms with Gasteiger partial charge in [0.25, 0.3) is 0 Å². The van der Waals surface area contributed by atoms with Crippen molar-refractivity contribution in [1.82, 2.24) is 20.1 Å². The summed E-state index contributed by atoms with van der Waals surface area (Å²) in [4.78, 5) is 22.4. The van der Waals surface area contributed by atoms with E-state index in [0.29, 0.717) is 58.0 Å². The number of piperazine rings is 1. The van der Waals surface area contributed by atoms with Crippen LogP contribution in [-0.2, 0) is 27.9 Å². The fourth-order valence-electron chi connectivity index (χ4n) is 10.5. The van der Waals surface area contributed by atoms with Crippen molar-refractivity contribution in [2.45, 2.75) is 80.8 Å². The van der Waals surface area contributed by atoms with E-state index in [1.54, 1.807) is 20.1 Å². The van der Waals surface area contributed by atoms with E-state index in [2.05, 4.69) is 15.2 Å². The van der Waals surface area contributed by atoms with Crippen LogP contribution in [0.1, 0.15) is 68.9 Å². The van der Waals surface area contributed by atoms with Crippen LogP contribution < -0.4 is 19.5 Å². The van der Waals surface area contributed by atoms with Gasteiger partial charge in [0, 0.05) is 51.0 Å². The highest BCUT2D eigenvalue weighted by atomic mass is 32.2. The average Bonchev–Trinajstić information content (AvgIpc) is 3.76. The monoisotopic (exact) mass is 744 g/mol. The number of thioether (sulfide) groups is 1. The number of aliphatic hydroxyl groups is 1. The molecule has 0 amide bonds. The van der Waals surface area contributed by atoms with Gasteiger partial charge in [0.05, 0.1) is 36.2 Å². The van der Waals surface area contributed by atoms with Crippen molar-refractivity contribution in [1.29, 1.82) is 0 Å². The number of aromatic nitrogens is 1. The first-order valence-corrected chi connectivity index (χ1v) is 19.1. The minimum Gasteiger partial charge on any atom is -0.507 e. The Labute approximate surface area is 309 Å². The largest absolute Gasteiger partial charge is 0.507 e. The maximum absolute atomic E-state index is 14.8. The van der Waals surface area contributed by atoms with Crippen LogP contribution in [0.2, 0.25) is 0 Å². The van der Waals surface area contributed by atoms with E-state index in [-0.39, 0.29) is 48.6 Å². The molecular weight excluding hydrogens is 704 g/mol. The van der Waals surface area contributed by atoms with Gasteiger partial charge in [0.2, 0.25) is 6.79 Å². The van der Waals surface area contributed by atoms with Gasteiger partial charge in [-0.15, -0.1) is 11.8 Å². The molecule has 8 atom stereocenters. The molecule has 3 aromatic carbocycles. The number of phenols is 2. The number of esters is 1. The van der Waals surface area contributed by atoms with E-state index in [1.165, 1.54) is 23.9 Å². The van der Waals surface area contributed by atoms with Crippen molar-refractivity contribution in [3.8, 4) is 28.7 Å². The number of likely N-dealkylation sites (N-methyl/N-ethyl adjacent to an activating group) is 1. The second kappa shape index (κ2) is 11.4. The van der Waals surface area contributed by atoms with Gasteiger partial charge in [0.1, 0.15) is 24.4 Å². The number of aliphatic hydroxyl groups excluding tert-OH is 1. The number of halogens is 1. The van der Waals surface area contributed by atoms with E-state index in [1.807, 2.05) is 31.9 Å². The van der Waals surface area contributed by atoms with E-state index in [4.69, 9.17) is 18.9 Å². The maximum Gasteiger partial charge on any atom is 0.333 e. The van der Waals surface area contributed by atoms with Crippen LogP contribution >= 0.6 is 11.8 Å². The fourth-order valence-corrected chi connectivity index (χ4v) is 12.1. The van der Waals surface area contributed by atoms with Gasteiger partial charge in [-0.05, 0) is 75.5 Å². The van der Waals surface area contributed by atoms with Crippen LogP contribution in [0, 0.1) is 19.7 Å². The maximum atomic E-state index is 14.8. The topological polar surface area (TPSA) is 149 Å². The predicted octanol–water partition coefficient (Wildman–Crippen LogP) is 4.49. The van der Waals surface area contributed by atoms with Crippen molar-refractivity contribution in [3.63, 3.8) is 0 Å². The van der Waals surface area contributed by atoms with Gasteiger partial charge in [0.15, 0.2) is 28.5 Å². The highest BCUT2D eigenvalue weighted by Crippen LogP contribution is 2.64. The third-order valence-electron chi connectivity index (χ3n) is 12.7. The SMILES string of the molecule is COc1c(C)cc2c(c1O)[C@H]1C3[C@@H]4SC[C@]5(NC(C)Cc6c5[nH]c5ccc(F)cc65)C(=O)OC[C@@H](c5c6c(c(C)c(O)c54)OCO6)N3[C@@H](O)[C@H](C2)N1C. The van der Waals surface area contributed by atoms with Gasteiger partial charge in [-0.25, -0.2) is 9.18 Å². The number of ether oxygens (including phenoxy) is 4. The number of hydrogen-bond acceptors (Lipinski definition) is 12. The zero-order chi connectivity index (χ0) is 36.8. The van der Waals surface area contributed by atoms with E-state index in [0.717, 1.165) is 27.6 Å². The Morgan fingerprint density at radius 1 is 1.06 bits per heavy atom. The number of carbonyl (C=O) groups excluding carboxylic acids is 1. The van der Waals surface area contributed by atoms with Gasteiger partial charge < -0.3 is 39.3 Å². The number of rotatable bonds is 1. The number of benzene rings is 3. The van der Waals surface area contributed by atoms with Crippen molar-refractivity contribution in [2.24, 2.45) is 0 Å². The van der Waals surface area contributed by atoms with Crippen molar-refractivity contribution in [2.75, 3.05) is 33.3 Å². The summed E-state index contributed by atoms with van der Waals surface area (Å²) in [7, 11) is 3.51. The third kappa shape index (κ3) is 4.29. The Kier molecular flexibility index (Phi) is 7.18. The fraction of sp³-hybridized carbons (Fsp3) is 0.462. The van der Waals surface area contributed by atoms with E-state index < -0.39 is 41.1 Å². The average molecular weight is 745 g/mol. The number of fused-ring (bicyclic) bond motifs is 11. The van der Waals surface area contributed by atoms with Gasteiger partial charge in [-0.2, -0.15) is 0 Å². The summed E-state index contributed by atoms with van der Waals surface area (Å²) in [5, 5.41) is 40.4. The minimum absolute atomic E-state index is 0.0363. The molecule has 0 radical (unpaired) electrons. The van der Waals surface area contributed by atoms with Gasteiger partial charge >= 0.3 is 5.97 Å². The molecule has 12 nitrogen and oxygen atoms in total. The first-order chi connectivity index (χ1) is 25.4. The molecule has 2 unspecified atom stereocenters. The first-order valence-electron chi connectivity index (χ1n) is 18.0. The molecule has 53 heavy (non-hydrogen) atoms. The third-order valence-corrected chi connectivity index (χ3v) is 14.1. The first kappa shape index (κ1) is 33.4. The Hall–Kier alpha value is -4.21. The quantitative estimate of drug-likeness (QED) is 0.175. The highest BCUT2D eigenvalue weighted by molar-refractivity contribution is 7.99. The van der Waals surface area contributed by atoms with Gasteiger partial charge in [-0.3, -0.25) is 15.1 Å². The summed E-state index contributed by atoms with van der Waals surface area (Å²) >= 11 is 1.48. The number of H-pyrrole nitrogens is 1. The van der Waals surface area contributed by atoms with Crippen LogP contribution in [0.4, 0.5) is 4.39 Å². The van der Waals surface area contributed by atoms with Crippen molar-refractivity contribution < 1.29 is 43.5 Å². The molecular formula is C39H41FN4O8S. The number of phenolic OH excluding ortho intramolecular Hbond substituents is 2. The molecule has 11 rings (SSSR count). The molecule has 0 saturated carbocycles. The molecule has 7 aliphatic heterocycles. The number of aromatic amines is 1. The summed E-state index contributed by atoms with van der Waals surface area (Å²) in [6.45, 7) is 5.49. The Morgan fingerprint density at radius 2 is 1.85 bits per heavy atom. The zero-order valence-electron chi connectivity index (χ0n) is 29.9. The number of aromatic hydroxyl groups is 2. The number of methoxy groups -OCH3 is 1. The number of nitrogens with one attached hydrogen (secondary N) is 2. The summed E-state index contributed by atoms with van der Waals surface area (Å²) < 4.78 is 38.8. The second-order valence-electron chi connectivity index (χ2n) is 15.4. The Morgan fingerprint density at radius 3 is 2.64 bits per heavy atom. The van der Waals surface area contributed by atoms with Crippen LogP contribution in [0.25, 0.3) is 10.9 Å². The molecule has 278 valence electrons. The van der Waals surface area contributed by atoms with Crippen molar-refractivity contribution >= 4 is 28.6 Å². The predicted molar refractivity (Wildman–Crippen MR) is 193 cm³/mol. The number of aryl methyl sites for hydroxylation is 1. The lowest BCUT2D eigenvalue weighted by Crippen LogP contribution is -2.70. The highest BCUT2D eigenvalue weighted by Gasteiger charge is 2.61. The normalized spacial score (nSPS) is 31.5. The lowest BCUT2D eigenvalue weighted by atomic mass is 9.73.